The number of benzene rings is 2. The molecule has 0 aromatic heterocycles. The summed E-state index contributed by atoms with van der Waals surface area (Å²) in [6.45, 7) is 0. The number of carbonyl (C=O) groups excluding carboxylic acids is 2. The van der Waals surface area contributed by atoms with Crippen molar-refractivity contribution in [2.45, 2.75) is 6.42 Å². The van der Waals surface area contributed by atoms with E-state index in [9.17, 15) is 19.5 Å². The van der Waals surface area contributed by atoms with Gasteiger partial charge in [0.1, 0.15) is 5.75 Å². The van der Waals surface area contributed by atoms with Gasteiger partial charge in [0, 0.05) is 0 Å². The Morgan fingerprint density at radius 2 is 1.75 bits per heavy atom. The third kappa shape index (κ3) is 3.89. The van der Waals surface area contributed by atoms with Crippen LogP contribution in [0.4, 0.5) is 5.69 Å². The maximum Gasteiger partial charge on any atom is 0.338 e. The van der Waals surface area contributed by atoms with Gasteiger partial charge in [0.15, 0.2) is 0 Å². The highest BCUT2D eigenvalue weighted by Crippen LogP contribution is 2.25. The molecule has 0 fully saturated rings. The molecule has 0 bridgehead atoms. The molecule has 0 spiro atoms. The van der Waals surface area contributed by atoms with Crippen LogP contribution in [0, 0.1) is 0 Å². The molecule has 2 rings (SSSR count). The summed E-state index contributed by atoms with van der Waals surface area (Å²) < 4.78 is 4.63. The maximum absolute atomic E-state index is 12.4. The van der Waals surface area contributed by atoms with Crippen LogP contribution in [-0.4, -0.2) is 35.2 Å². The van der Waals surface area contributed by atoms with E-state index in [-0.39, 0.29) is 29.0 Å². The average Bonchev–Trinajstić information content (AvgIpc) is 2.56. The van der Waals surface area contributed by atoms with Crippen LogP contribution in [0.5, 0.6) is 5.75 Å². The second kappa shape index (κ2) is 7.28. The number of aromatic hydroxyl groups is 1. The van der Waals surface area contributed by atoms with Crippen LogP contribution in [0.15, 0.2) is 42.5 Å². The molecule has 1 amide bonds. The van der Waals surface area contributed by atoms with E-state index in [1.165, 1.54) is 37.4 Å². The highest BCUT2D eigenvalue weighted by atomic mass is 16.5. The van der Waals surface area contributed by atoms with Crippen molar-refractivity contribution in [1.29, 1.82) is 0 Å². The molecule has 2 aromatic rings. The van der Waals surface area contributed by atoms with E-state index in [4.69, 9.17) is 5.11 Å². The third-order valence-electron chi connectivity index (χ3n) is 3.24. The van der Waals surface area contributed by atoms with Crippen molar-refractivity contribution in [2.24, 2.45) is 0 Å². The lowest BCUT2D eigenvalue weighted by atomic mass is 10.1. The van der Waals surface area contributed by atoms with Gasteiger partial charge in [0.05, 0.1) is 30.3 Å². The van der Waals surface area contributed by atoms with Gasteiger partial charge in [-0.2, -0.15) is 0 Å². The average molecular weight is 329 g/mol. The van der Waals surface area contributed by atoms with Crippen molar-refractivity contribution in [3.63, 3.8) is 0 Å². The predicted molar refractivity (Wildman–Crippen MR) is 85.2 cm³/mol. The molecule has 0 aliphatic heterocycles. The van der Waals surface area contributed by atoms with Gasteiger partial charge < -0.3 is 20.3 Å². The summed E-state index contributed by atoms with van der Waals surface area (Å²) >= 11 is 0. The number of ether oxygens (including phenoxy) is 1. The van der Waals surface area contributed by atoms with Crippen LogP contribution in [0.2, 0.25) is 0 Å². The Bertz CT molecular complexity index is 799. The van der Waals surface area contributed by atoms with Gasteiger partial charge in [-0.1, -0.05) is 18.2 Å². The van der Waals surface area contributed by atoms with Crippen molar-refractivity contribution in [3.8, 4) is 5.75 Å². The van der Waals surface area contributed by atoms with Gasteiger partial charge >= 0.3 is 11.9 Å². The smallest absolute Gasteiger partial charge is 0.338 e. The van der Waals surface area contributed by atoms with E-state index >= 15 is 0 Å². The first kappa shape index (κ1) is 17.0. The molecule has 0 saturated carbocycles. The van der Waals surface area contributed by atoms with Crippen LogP contribution in [0.3, 0.4) is 0 Å². The first-order valence-electron chi connectivity index (χ1n) is 6.94. The first-order chi connectivity index (χ1) is 11.4. The lowest BCUT2D eigenvalue weighted by Crippen LogP contribution is -2.17. The second-order valence-electron chi connectivity index (χ2n) is 4.91. The van der Waals surface area contributed by atoms with E-state index < -0.39 is 17.8 Å². The van der Waals surface area contributed by atoms with Gasteiger partial charge in [-0.05, 0) is 29.8 Å². The molecule has 0 unspecified atom stereocenters. The Labute approximate surface area is 137 Å². The number of amides is 1. The minimum atomic E-state index is -1.03. The molecule has 7 heteroatoms. The number of anilines is 1. The van der Waals surface area contributed by atoms with Crippen molar-refractivity contribution >= 4 is 23.5 Å². The molecular formula is C17H15NO6. The Hall–Kier alpha value is -3.35. The monoisotopic (exact) mass is 329 g/mol. The minimum Gasteiger partial charge on any atom is -0.506 e. The summed E-state index contributed by atoms with van der Waals surface area (Å²) in [6.07, 6.45) is -0.248. The highest BCUT2D eigenvalue weighted by molar-refractivity contribution is 6.11. The standard InChI is InChI=1S/C17H15NO6/c1-24-17(23)12-5-3-2-4-11(12)16(22)18-13-8-10(9-15(20)21)6-7-14(13)19/h2-8,19H,9H2,1H3,(H,18,22)(H,20,21). The number of methoxy groups -OCH3 is 1. The predicted octanol–water partition coefficient (Wildman–Crippen LogP) is 2.06. The largest absolute Gasteiger partial charge is 0.506 e. The van der Waals surface area contributed by atoms with Crippen LogP contribution < -0.4 is 5.32 Å². The number of aliphatic carboxylic acids is 1. The van der Waals surface area contributed by atoms with Crippen LogP contribution >= 0.6 is 0 Å². The van der Waals surface area contributed by atoms with Gasteiger partial charge in [0.25, 0.3) is 5.91 Å². The topological polar surface area (TPSA) is 113 Å². The molecule has 2 aromatic carbocycles. The number of rotatable bonds is 5. The Kier molecular flexibility index (Phi) is 5.16. The SMILES string of the molecule is COC(=O)c1ccccc1C(=O)Nc1cc(CC(=O)O)ccc1O. The van der Waals surface area contributed by atoms with E-state index in [1.807, 2.05) is 0 Å². The summed E-state index contributed by atoms with van der Waals surface area (Å²) in [5.41, 5.74) is 0.626. The van der Waals surface area contributed by atoms with Crippen molar-refractivity contribution in [3.05, 3.63) is 59.2 Å². The maximum atomic E-state index is 12.4. The van der Waals surface area contributed by atoms with Gasteiger partial charge in [-0.15, -0.1) is 0 Å². The minimum absolute atomic E-state index is 0.0541. The molecular weight excluding hydrogens is 314 g/mol. The normalized spacial score (nSPS) is 10.0. The fourth-order valence-corrected chi connectivity index (χ4v) is 2.13. The van der Waals surface area contributed by atoms with E-state index in [0.717, 1.165) is 0 Å². The third-order valence-corrected chi connectivity index (χ3v) is 3.24. The molecule has 0 heterocycles. The summed E-state index contributed by atoms with van der Waals surface area (Å²) in [5, 5.41) is 21.1. The highest BCUT2D eigenvalue weighted by Gasteiger charge is 2.18. The molecule has 0 aliphatic rings. The number of phenols is 1. The zero-order valence-electron chi connectivity index (χ0n) is 12.8. The Morgan fingerprint density at radius 1 is 1.08 bits per heavy atom. The molecule has 0 saturated heterocycles. The Balaban J connectivity index is 2.30. The number of carboxylic acid groups (broad SMARTS) is 1. The quantitative estimate of drug-likeness (QED) is 0.571. The molecule has 7 nitrogen and oxygen atoms in total. The number of carbonyl (C=O) groups is 3. The van der Waals surface area contributed by atoms with E-state index in [2.05, 4.69) is 10.1 Å². The summed E-state index contributed by atoms with van der Waals surface area (Å²) in [7, 11) is 1.21. The molecule has 3 N–H and O–H groups in total. The fourth-order valence-electron chi connectivity index (χ4n) is 2.13. The van der Waals surface area contributed by atoms with Crippen molar-refractivity contribution < 1.29 is 29.3 Å². The van der Waals surface area contributed by atoms with Crippen LogP contribution in [-0.2, 0) is 16.0 Å². The van der Waals surface area contributed by atoms with Crippen LogP contribution in [0.25, 0.3) is 0 Å². The Morgan fingerprint density at radius 3 is 2.38 bits per heavy atom. The summed E-state index contributed by atoms with van der Waals surface area (Å²) in [6, 6.07) is 10.2. The van der Waals surface area contributed by atoms with Gasteiger partial charge in [0.2, 0.25) is 0 Å². The fraction of sp³-hybridized carbons (Fsp3) is 0.118. The lowest BCUT2D eigenvalue weighted by Gasteiger charge is -2.11. The van der Waals surface area contributed by atoms with Gasteiger partial charge in [-0.3, -0.25) is 9.59 Å². The number of hydrogen-bond donors (Lipinski definition) is 3. The van der Waals surface area contributed by atoms with Crippen molar-refractivity contribution in [1.82, 2.24) is 0 Å². The number of carboxylic acids is 1. The molecule has 124 valence electrons. The van der Waals surface area contributed by atoms with Gasteiger partial charge in [-0.25, -0.2) is 4.79 Å². The summed E-state index contributed by atoms with van der Waals surface area (Å²) in [5.74, 6) is -2.54. The van der Waals surface area contributed by atoms with Crippen LogP contribution in [0.1, 0.15) is 26.3 Å². The zero-order chi connectivity index (χ0) is 17.7. The second-order valence-corrected chi connectivity index (χ2v) is 4.91. The van der Waals surface area contributed by atoms with Crippen molar-refractivity contribution in [2.75, 3.05) is 12.4 Å². The molecule has 24 heavy (non-hydrogen) atoms. The zero-order valence-corrected chi connectivity index (χ0v) is 12.8. The number of hydrogen-bond acceptors (Lipinski definition) is 5. The number of phenolic OH excluding ortho intramolecular Hbond substituents is 1. The number of nitrogens with one attached hydrogen (secondary N) is 1. The number of esters is 1. The molecule has 0 radical (unpaired) electrons. The van der Waals surface area contributed by atoms with E-state index in [0.29, 0.717) is 5.56 Å². The molecule has 0 atom stereocenters. The summed E-state index contributed by atoms with van der Waals surface area (Å²) in [4.78, 5) is 34.9. The molecule has 0 aliphatic carbocycles. The first-order valence-corrected chi connectivity index (χ1v) is 6.94. The van der Waals surface area contributed by atoms with E-state index in [1.54, 1.807) is 12.1 Å². The lowest BCUT2D eigenvalue weighted by molar-refractivity contribution is -0.136.